The van der Waals surface area contributed by atoms with E-state index in [1.54, 1.807) is 23.1 Å². The Kier molecular flexibility index (Phi) is 4.49. The summed E-state index contributed by atoms with van der Waals surface area (Å²) in [6.45, 7) is 3.70. The van der Waals surface area contributed by atoms with Gasteiger partial charge in [-0.25, -0.2) is 0 Å². The molecule has 1 saturated heterocycles. The van der Waals surface area contributed by atoms with E-state index < -0.39 is 11.4 Å². The molecule has 2 rings (SSSR count). The van der Waals surface area contributed by atoms with Crippen LogP contribution in [0, 0.1) is 5.41 Å². The number of carbonyl (C=O) groups excluding carboxylic acids is 2. The van der Waals surface area contributed by atoms with E-state index in [4.69, 9.17) is 5.11 Å². The first kappa shape index (κ1) is 16.0. The molecule has 0 aliphatic carbocycles. The minimum absolute atomic E-state index is 0.0792. The molecule has 22 heavy (non-hydrogen) atoms. The van der Waals surface area contributed by atoms with E-state index in [9.17, 15) is 14.4 Å². The summed E-state index contributed by atoms with van der Waals surface area (Å²) in [7, 11) is 0. The SMILES string of the molecule is CC(C)(CC(=O)Nc1cccc(N2CCCC2=O)c1)C(=O)O. The highest BCUT2D eigenvalue weighted by atomic mass is 16.4. The van der Waals surface area contributed by atoms with Crippen molar-refractivity contribution < 1.29 is 19.5 Å². The Bertz CT molecular complexity index is 610. The van der Waals surface area contributed by atoms with Crippen LogP contribution >= 0.6 is 0 Å². The topological polar surface area (TPSA) is 86.7 Å². The highest BCUT2D eigenvalue weighted by Crippen LogP contribution is 2.25. The van der Waals surface area contributed by atoms with E-state index in [0.29, 0.717) is 18.7 Å². The van der Waals surface area contributed by atoms with E-state index in [2.05, 4.69) is 5.32 Å². The summed E-state index contributed by atoms with van der Waals surface area (Å²) in [6.07, 6.45) is 1.26. The van der Waals surface area contributed by atoms with Gasteiger partial charge in [0.25, 0.3) is 0 Å². The largest absolute Gasteiger partial charge is 0.481 e. The van der Waals surface area contributed by atoms with E-state index in [0.717, 1.165) is 12.1 Å². The van der Waals surface area contributed by atoms with Crippen molar-refractivity contribution in [3.63, 3.8) is 0 Å². The monoisotopic (exact) mass is 304 g/mol. The van der Waals surface area contributed by atoms with Gasteiger partial charge in [0.1, 0.15) is 0 Å². The van der Waals surface area contributed by atoms with Crippen molar-refractivity contribution in [3.8, 4) is 0 Å². The van der Waals surface area contributed by atoms with Gasteiger partial charge in [-0.1, -0.05) is 6.07 Å². The van der Waals surface area contributed by atoms with E-state index in [1.807, 2.05) is 6.07 Å². The van der Waals surface area contributed by atoms with E-state index in [-0.39, 0.29) is 18.2 Å². The average molecular weight is 304 g/mol. The number of carboxylic acids is 1. The molecule has 0 saturated carbocycles. The lowest BCUT2D eigenvalue weighted by molar-refractivity contribution is -0.149. The van der Waals surface area contributed by atoms with E-state index >= 15 is 0 Å². The average Bonchev–Trinajstić information content (AvgIpc) is 2.84. The Balaban J connectivity index is 2.06. The third kappa shape index (κ3) is 3.63. The Morgan fingerprint density at radius 3 is 2.68 bits per heavy atom. The zero-order valence-corrected chi connectivity index (χ0v) is 12.8. The molecule has 1 heterocycles. The van der Waals surface area contributed by atoms with E-state index in [1.165, 1.54) is 13.8 Å². The van der Waals surface area contributed by atoms with Gasteiger partial charge in [0.15, 0.2) is 0 Å². The van der Waals surface area contributed by atoms with Gasteiger partial charge in [0, 0.05) is 30.8 Å². The number of aliphatic carboxylic acids is 1. The Morgan fingerprint density at radius 2 is 2.09 bits per heavy atom. The molecule has 118 valence electrons. The maximum atomic E-state index is 12.0. The van der Waals surface area contributed by atoms with Crippen molar-refractivity contribution in [2.45, 2.75) is 33.1 Å². The smallest absolute Gasteiger partial charge is 0.309 e. The van der Waals surface area contributed by atoms with Crippen LogP contribution in [0.3, 0.4) is 0 Å². The second kappa shape index (κ2) is 6.17. The molecule has 1 aliphatic heterocycles. The molecule has 0 aromatic heterocycles. The van der Waals surface area contributed by atoms with Crippen molar-refractivity contribution in [1.82, 2.24) is 0 Å². The molecule has 0 unspecified atom stereocenters. The number of rotatable bonds is 5. The molecule has 0 bridgehead atoms. The van der Waals surface area contributed by atoms with Crippen LogP contribution in [0.1, 0.15) is 33.1 Å². The first-order valence-electron chi connectivity index (χ1n) is 7.23. The number of hydrogen-bond donors (Lipinski definition) is 2. The molecule has 0 spiro atoms. The zero-order valence-electron chi connectivity index (χ0n) is 12.8. The van der Waals surface area contributed by atoms with Crippen molar-refractivity contribution in [2.75, 3.05) is 16.8 Å². The summed E-state index contributed by atoms with van der Waals surface area (Å²) in [5.74, 6) is -1.30. The molecule has 1 aromatic carbocycles. The number of carboxylic acid groups (broad SMARTS) is 1. The van der Waals surface area contributed by atoms with Crippen LogP contribution in [0.15, 0.2) is 24.3 Å². The van der Waals surface area contributed by atoms with Crippen LogP contribution in [0.4, 0.5) is 11.4 Å². The summed E-state index contributed by atoms with van der Waals surface area (Å²) in [5, 5.41) is 11.7. The van der Waals surface area contributed by atoms with Crippen LogP contribution in [0.2, 0.25) is 0 Å². The lowest BCUT2D eigenvalue weighted by atomic mass is 9.89. The second-order valence-electron chi connectivity index (χ2n) is 6.11. The van der Waals surface area contributed by atoms with Crippen molar-refractivity contribution in [2.24, 2.45) is 5.41 Å². The molecule has 1 aromatic rings. The van der Waals surface area contributed by atoms with Crippen molar-refractivity contribution in [1.29, 1.82) is 0 Å². The maximum Gasteiger partial charge on any atom is 0.309 e. The Labute approximate surface area is 129 Å². The summed E-state index contributed by atoms with van der Waals surface area (Å²) in [5.41, 5.74) is 0.188. The van der Waals surface area contributed by atoms with Crippen molar-refractivity contribution in [3.05, 3.63) is 24.3 Å². The fraction of sp³-hybridized carbons (Fsp3) is 0.438. The minimum Gasteiger partial charge on any atom is -0.481 e. The molecule has 6 nitrogen and oxygen atoms in total. The summed E-state index contributed by atoms with van der Waals surface area (Å²) in [4.78, 5) is 36.5. The quantitative estimate of drug-likeness (QED) is 0.873. The van der Waals surface area contributed by atoms with Gasteiger partial charge in [-0.05, 0) is 38.5 Å². The number of anilines is 2. The van der Waals surface area contributed by atoms with Crippen LogP contribution in [-0.4, -0.2) is 29.4 Å². The number of nitrogens with zero attached hydrogens (tertiary/aromatic N) is 1. The fourth-order valence-electron chi connectivity index (χ4n) is 2.35. The third-order valence-corrected chi connectivity index (χ3v) is 3.70. The van der Waals surface area contributed by atoms with Crippen LogP contribution in [0.5, 0.6) is 0 Å². The number of nitrogens with one attached hydrogen (secondary N) is 1. The molecule has 0 radical (unpaired) electrons. The summed E-state index contributed by atoms with van der Waals surface area (Å²) in [6, 6.07) is 7.03. The summed E-state index contributed by atoms with van der Waals surface area (Å²) >= 11 is 0. The molecular formula is C16H20N2O4. The van der Waals surface area contributed by atoms with Gasteiger partial charge in [-0.3, -0.25) is 14.4 Å². The highest BCUT2D eigenvalue weighted by molar-refractivity contribution is 5.97. The number of benzene rings is 1. The molecule has 2 N–H and O–H groups in total. The van der Waals surface area contributed by atoms with Crippen molar-refractivity contribution >= 4 is 29.2 Å². The first-order chi connectivity index (χ1) is 10.3. The van der Waals surface area contributed by atoms with Crippen LogP contribution in [0.25, 0.3) is 0 Å². The molecule has 6 heteroatoms. The summed E-state index contributed by atoms with van der Waals surface area (Å²) < 4.78 is 0. The lowest BCUT2D eigenvalue weighted by Gasteiger charge is -2.19. The fourth-order valence-corrected chi connectivity index (χ4v) is 2.35. The highest BCUT2D eigenvalue weighted by Gasteiger charge is 2.30. The maximum absolute atomic E-state index is 12.0. The van der Waals surface area contributed by atoms with Gasteiger partial charge in [0.05, 0.1) is 5.41 Å². The second-order valence-corrected chi connectivity index (χ2v) is 6.11. The molecule has 1 fully saturated rings. The normalized spacial score (nSPS) is 15.0. The van der Waals surface area contributed by atoms with Gasteiger partial charge >= 0.3 is 5.97 Å². The number of hydrogen-bond acceptors (Lipinski definition) is 3. The minimum atomic E-state index is -1.12. The molecular weight excluding hydrogens is 284 g/mol. The van der Waals surface area contributed by atoms with Gasteiger partial charge in [-0.15, -0.1) is 0 Å². The number of amides is 2. The molecule has 2 amide bonds. The van der Waals surface area contributed by atoms with Gasteiger partial charge < -0.3 is 15.3 Å². The molecule has 0 atom stereocenters. The van der Waals surface area contributed by atoms with Gasteiger partial charge in [0.2, 0.25) is 11.8 Å². The number of carbonyl (C=O) groups is 3. The Morgan fingerprint density at radius 1 is 1.36 bits per heavy atom. The lowest BCUT2D eigenvalue weighted by Crippen LogP contribution is -2.29. The van der Waals surface area contributed by atoms with Crippen LogP contribution < -0.4 is 10.2 Å². The predicted octanol–water partition coefficient (Wildman–Crippen LogP) is 2.25. The molecule has 1 aliphatic rings. The van der Waals surface area contributed by atoms with Crippen LogP contribution in [-0.2, 0) is 14.4 Å². The van der Waals surface area contributed by atoms with Gasteiger partial charge in [-0.2, -0.15) is 0 Å². The third-order valence-electron chi connectivity index (χ3n) is 3.70. The predicted molar refractivity (Wildman–Crippen MR) is 82.7 cm³/mol. The Hall–Kier alpha value is -2.37. The standard InChI is InChI=1S/C16H20N2O4/c1-16(2,15(21)22)10-13(19)17-11-5-3-6-12(9-11)18-8-4-7-14(18)20/h3,5-6,9H,4,7-8,10H2,1-2H3,(H,17,19)(H,21,22). The first-order valence-corrected chi connectivity index (χ1v) is 7.23. The zero-order chi connectivity index (χ0) is 16.3.